The Morgan fingerprint density at radius 3 is 1.67 bits per heavy atom. The first kappa shape index (κ1) is 5.64. The van der Waals surface area contributed by atoms with E-state index in [4.69, 9.17) is 5.73 Å². The average Bonchev–Trinajstić information content (AvgIpc) is 2.68. The van der Waals surface area contributed by atoms with Gasteiger partial charge in [0.2, 0.25) is 0 Å². The summed E-state index contributed by atoms with van der Waals surface area (Å²) in [5, 5.41) is 0. The molecule has 0 aliphatic heterocycles. The number of hydrogen-bond donors (Lipinski definition) is 1. The van der Waals surface area contributed by atoms with Crippen LogP contribution in [0.3, 0.4) is 0 Å². The SMILES string of the molecule is NC1[C@@H]2[C@@H]3C[C@H]4[C@H]5C[C@H]([C@@H]1[C@@H]53)[C@@H]42. The van der Waals surface area contributed by atoms with Gasteiger partial charge in [-0.2, -0.15) is 0 Å². The van der Waals surface area contributed by atoms with Gasteiger partial charge in [0.1, 0.15) is 0 Å². The summed E-state index contributed by atoms with van der Waals surface area (Å²) in [6, 6.07) is 0.646. The van der Waals surface area contributed by atoms with Gasteiger partial charge in [-0.15, -0.1) is 0 Å². The molecule has 0 saturated heterocycles. The molecule has 0 amide bonds. The Hall–Kier alpha value is -0.0400. The van der Waals surface area contributed by atoms with Crippen molar-refractivity contribution in [3.05, 3.63) is 0 Å². The van der Waals surface area contributed by atoms with Crippen LogP contribution < -0.4 is 5.73 Å². The molecule has 2 N–H and O–H groups in total. The molecule has 0 aromatic heterocycles. The highest BCUT2D eigenvalue weighted by molar-refractivity contribution is 5.28. The first-order valence-corrected chi connectivity index (χ1v) is 5.63. The Morgan fingerprint density at radius 1 is 0.667 bits per heavy atom. The summed E-state index contributed by atoms with van der Waals surface area (Å²) in [5.74, 6) is 8.84. The van der Waals surface area contributed by atoms with E-state index in [2.05, 4.69) is 0 Å². The third kappa shape index (κ3) is 0.296. The second-order valence-corrected chi connectivity index (χ2v) is 6.01. The lowest BCUT2D eigenvalue weighted by Crippen LogP contribution is -2.30. The van der Waals surface area contributed by atoms with E-state index in [9.17, 15) is 0 Å². The van der Waals surface area contributed by atoms with E-state index < -0.39 is 0 Å². The molecule has 64 valence electrons. The molecule has 1 unspecified atom stereocenters. The molecule has 6 saturated carbocycles. The van der Waals surface area contributed by atoms with Crippen molar-refractivity contribution in [1.82, 2.24) is 0 Å². The second kappa shape index (κ2) is 1.30. The van der Waals surface area contributed by atoms with Gasteiger partial charge in [-0.25, -0.2) is 0 Å². The molecule has 6 aliphatic rings. The van der Waals surface area contributed by atoms with Crippen LogP contribution in [0.25, 0.3) is 0 Å². The Bertz CT molecular complexity index is 251. The van der Waals surface area contributed by atoms with Crippen LogP contribution in [0.15, 0.2) is 0 Å². The Labute approximate surface area is 72.7 Å². The first-order valence-electron chi connectivity index (χ1n) is 5.63. The molecule has 9 atom stereocenters. The maximum Gasteiger partial charge on any atom is 0.0107 e. The normalized spacial score (nSPS) is 85.2. The third-order valence-corrected chi connectivity index (χ3v) is 6.38. The van der Waals surface area contributed by atoms with Crippen molar-refractivity contribution >= 4 is 0 Å². The molecule has 6 bridgehead atoms. The van der Waals surface area contributed by atoms with Crippen molar-refractivity contribution in [2.24, 2.45) is 53.1 Å². The lowest BCUT2D eigenvalue weighted by molar-refractivity contribution is 0.132. The maximum absolute atomic E-state index is 6.34. The predicted octanol–water partition coefficient (Wildman–Crippen LogP) is 1.09. The van der Waals surface area contributed by atoms with Crippen LogP contribution in [0.4, 0.5) is 0 Å². The average molecular weight is 161 g/mol. The Balaban J connectivity index is 1.89. The summed E-state index contributed by atoms with van der Waals surface area (Å²) in [6.07, 6.45) is 3.18. The van der Waals surface area contributed by atoms with Crippen molar-refractivity contribution in [2.45, 2.75) is 18.9 Å². The smallest absolute Gasteiger partial charge is 0.0107 e. The molecule has 6 rings (SSSR count). The van der Waals surface area contributed by atoms with E-state index in [1.165, 1.54) is 11.8 Å². The number of rotatable bonds is 0. The Kier molecular flexibility index (Phi) is 0.609. The lowest BCUT2D eigenvalue weighted by atomic mass is 9.71. The van der Waals surface area contributed by atoms with Crippen LogP contribution in [0.1, 0.15) is 12.8 Å². The van der Waals surface area contributed by atoms with Crippen LogP contribution in [0.5, 0.6) is 0 Å². The highest BCUT2D eigenvalue weighted by atomic mass is 14.9. The van der Waals surface area contributed by atoms with Gasteiger partial charge in [0.15, 0.2) is 0 Å². The summed E-state index contributed by atoms with van der Waals surface area (Å²) in [6.45, 7) is 0. The zero-order chi connectivity index (χ0) is 7.61. The molecule has 12 heavy (non-hydrogen) atoms. The first-order chi connectivity index (χ1) is 5.88. The molecule has 6 fully saturated rings. The van der Waals surface area contributed by atoms with Crippen molar-refractivity contribution in [3.63, 3.8) is 0 Å². The summed E-state index contributed by atoms with van der Waals surface area (Å²) < 4.78 is 0. The maximum atomic E-state index is 6.34. The Morgan fingerprint density at radius 2 is 1.17 bits per heavy atom. The zero-order valence-corrected chi connectivity index (χ0v) is 7.19. The molecule has 0 aromatic carbocycles. The minimum atomic E-state index is 0.646. The third-order valence-electron chi connectivity index (χ3n) is 6.38. The molecule has 0 aromatic rings. The van der Waals surface area contributed by atoms with E-state index in [0.29, 0.717) is 6.04 Å². The van der Waals surface area contributed by atoms with Gasteiger partial charge in [0, 0.05) is 6.04 Å². The zero-order valence-electron chi connectivity index (χ0n) is 7.19. The van der Waals surface area contributed by atoms with E-state index in [1.807, 2.05) is 0 Å². The van der Waals surface area contributed by atoms with E-state index in [0.717, 1.165) is 35.5 Å². The molecule has 0 spiro atoms. The molecule has 6 aliphatic carbocycles. The molecule has 1 heteroatoms. The van der Waals surface area contributed by atoms with Gasteiger partial charge < -0.3 is 5.73 Å². The lowest BCUT2D eigenvalue weighted by Gasteiger charge is -2.33. The van der Waals surface area contributed by atoms with Crippen LogP contribution in [0.2, 0.25) is 0 Å². The fourth-order valence-electron chi connectivity index (χ4n) is 6.69. The monoisotopic (exact) mass is 161 g/mol. The molecular formula is C11H15N. The molecule has 0 heterocycles. The summed E-state index contributed by atoms with van der Waals surface area (Å²) in [7, 11) is 0. The van der Waals surface area contributed by atoms with E-state index >= 15 is 0 Å². The standard InChI is InChI=1S/C11H15N/c12-11-9-5-1-3-4-2-6(7(3)9)10(11)8(4)5/h3-11H,1-2,12H2/t3-,4+,5+,6-,7+,8-,9-,10-,11?/m1/s1. The van der Waals surface area contributed by atoms with Crippen LogP contribution in [-0.2, 0) is 0 Å². The van der Waals surface area contributed by atoms with Gasteiger partial charge in [-0.1, -0.05) is 0 Å². The van der Waals surface area contributed by atoms with E-state index in [1.54, 1.807) is 12.8 Å². The van der Waals surface area contributed by atoms with Gasteiger partial charge in [-0.3, -0.25) is 0 Å². The highest BCUT2D eigenvalue weighted by Crippen LogP contribution is 2.82. The molecule has 1 nitrogen and oxygen atoms in total. The van der Waals surface area contributed by atoms with Gasteiger partial charge in [0.05, 0.1) is 0 Å². The van der Waals surface area contributed by atoms with E-state index in [-0.39, 0.29) is 0 Å². The van der Waals surface area contributed by atoms with Crippen molar-refractivity contribution < 1.29 is 0 Å². The summed E-state index contributed by atoms with van der Waals surface area (Å²) >= 11 is 0. The predicted molar refractivity (Wildman–Crippen MR) is 45.1 cm³/mol. The topological polar surface area (TPSA) is 26.0 Å². The largest absolute Gasteiger partial charge is 0.327 e. The molecular weight excluding hydrogens is 146 g/mol. The van der Waals surface area contributed by atoms with Crippen molar-refractivity contribution in [3.8, 4) is 0 Å². The minimum absolute atomic E-state index is 0.646. The number of nitrogens with two attached hydrogens (primary N) is 1. The second-order valence-electron chi connectivity index (χ2n) is 6.01. The minimum Gasteiger partial charge on any atom is -0.327 e. The van der Waals surface area contributed by atoms with Crippen LogP contribution in [-0.4, -0.2) is 6.04 Å². The van der Waals surface area contributed by atoms with Gasteiger partial charge in [0.25, 0.3) is 0 Å². The van der Waals surface area contributed by atoms with Crippen molar-refractivity contribution in [2.75, 3.05) is 0 Å². The highest BCUT2D eigenvalue weighted by Gasteiger charge is 2.79. The van der Waals surface area contributed by atoms with Crippen LogP contribution >= 0.6 is 0 Å². The summed E-state index contributed by atoms with van der Waals surface area (Å²) in [4.78, 5) is 0. The fraction of sp³-hybridized carbons (Fsp3) is 1.00. The van der Waals surface area contributed by atoms with Gasteiger partial charge in [-0.05, 0) is 60.2 Å². The van der Waals surface area contributed by atoms with Crippen LogP contribution in [0, 0.1) is 47.3 Å². The van der Waals surface area contributed by atoms with Crippen molar-refractivity contribution in [1.29, 1.82) is 0 Å². The van der Waals surface area contributed by atoms with Gasteiger partial charge >= 0.3 is 0 Å². The molecule has 0 radical (unpaired) electrons. The number of hydrogen-bond acceptors (Lipinski definition) is 1. The quantitative estimate of drug-likeness (QED) is 0.565. The summed E-state index contributed by atoms with van der Waals surface area (Å²) in [5.41, 5.74) is 6.34. The fourth-order valence-corrected chi connectivity index (χ4v) is 6.69.